The van der Waals surface area contributed by atoms with Crippen LogP contribution >= 0.6 is 22.6 Å². The van der Waals surface area contributed by atoms with Gasteiger partial charge < -0.3 is 38.3 Å². The van der Waals surface area contributed by atoms with Gasteiger partial charge in [-0.3, -0.25) is 0 Å². The standard InChI is InChI=1S/C39H39IO12/c1-20-9-27(36(42)49-5)14-22(33(20)46-2)12-24-16-29(38(44)51-7)18-26(35(24)48-4)13-25-17-28(37(43)50-6)15-23(34(25)47-3)10-21-11-30(39(45)52-8)19-31(40)32(21)41/h9,11,14-19,41H,10,12-13H2,1-8H3. The molecule has 0 bridgehead atoms. The molecule has 0 atom stereocenters. The Balaban J connectivity index is 1.94. The van der Waals surface area contributed by atoms with E-state index >= 15 is 0 Å². The second-order valence-electron chi connectivity index (χ2n) is 11.6. The second kappa shape index (κ2) is 17.3. The fourth-order valence-electron chi connectivity index (χ4n) is 6.18. The normalized spacial score (nSPS) is 10.6. The summed E-state index contributed by atoms with van der Waals surface area (Å²) < 4.78 is 38.0. The minimum Gasteiger partial charge on any atom is -0.507 e. The first-order valence-corrected chi connectivity index (χ1v) is 16.8. The van der Waals surface area contributed by atoms with E-state index in [1.807, 2.05) is 29.5 Å². The molecule has 0 aliphatic carbocycles. The van der Waals surface area contributed by atoms with Gasteiger partial charge >= 0.3 is 23.9 Å². The van der Waals surface area contributed by atoms with Gasteiger partial charge in [0, 0.05) is 24.8 Å². The maximum Gasteiger partial charge on any atom is 0.337 e. The molecule has 0 aromatic heterocycles. The van der Waals surface area contributed by atoms with E-state index in [0.717, 1.165) is 0 Å². The Bertz CT molecular complexity index is 2030. The lowest BCUT2D eigenvalue weighted by molar-refractivity contribution is 0.0591. The third-order valence-corrected chi connectivity index (χ3v) is 9.24. The number of methoxy groups -OCH3 is 7. The Morgan fingerprint density at radius 2 is 0.769 bits per heavy atom. The van der Waals surface area contributed by atoms with Gasteiger partial charge in [0.25, 0.3) is 0 Å². The predicted octanol–water partition coefficient (Wildman–Crippen LogP) is 6.25. The summed E-state index contributed by atoms with van der Waals surface area (Å²) in [7, 11) is 9.61. The van der Waals surface area contributed by atoms with E-state index in [4.69, 9.17) is 33.2 Å². The van der Waals surface area contributed by atoms with Crippen LogP contribution in [0.5, 0.6) is 23.0 Å². The van der Waals surface area contributed by atoms with E-state index in [0.29, 0.717) is 65.3 Å². The van der Waals surface area contributed by atoms with E-state index in [9.17, 15) is 24.3 Å². The van der Waals surface area contributed by atoms with Gasteiger partial charge in [-0.15, -0.1) is 0 Å². The highest BCUT2D eigenvalue weighted by Gasteiger charge is 2.24. The van der Waals surface area contributed by atoms with Gasteiger partial charge in [0.15, 0.2) is 0 Å². The van der Waals surface area contributed by atoms with Crippen molar-refractivity contribution in [2.45, 2.75) is 26.2 Å². The second-order valence-corrected chi connectivity index (χ2v) is 12.8. The minimum absolute atomic E-state index is 0.0423. The molecule has 4 aromatic carbocycles. The number of phenolic OH excluding ortho intramolecular Hbond substituents is 1. The number of rotatable bonds is 13. The van der Waals surface area contributed by atoms with Crippen LogP contribution in [0.15, 0.2) is 48.5 Å². The number of carbonyl (C=O) groups excluding carboxylic acids is 4. The lowest BCUT2D eigenvalue weighted by atomic mass is 9.91. The van der Waals surface area contributed by atoms with Crippen LogP contribution in [0.25, 0.3) is 0 Å². The quantitative estimate of drug-likeness (QED) is 0.0922. The predicted molar refractivity (Wildman–Crippen MR) is 198 cm³/mol. The van der Waals surface area contributed by atoms with Crippen LogP contribution in [0.1, 0.15) is 80.4 Å². The summed E-state index contributed by atoms with van der Waals surface area (Å²) in [6.07, 6.45) is 0.356. The van der Waals surface area contributed by atoms with Crippen molar-refractivity contribution in [3.05, 3.63) is 113 Å². The van der Waals surface area contributed by atoms with Crippen molar-refractivity contribution in [1.29, 1.82) is 0 Å². The van der Waals surface area contributed by atoms with Gasteiger partial charge in [-0.2, -0.15) is 0 Å². The van der Waals surface area contributed by atoms with E-state index in [1.54, 1.807) is 36.4 Å². The number of ether oxygens (including phenoxy) is 7. The smallest absolute Gasteiger partial charge is 0.337 e. The van der Waals surface area contributed by atoms with Crippen LogP contribution in [0.3, 0.4) is 0 Å². The summed E-state index contributed by atoms with van der Waals surface area (Å²) >= 11 is 1.93. The molecule has 12 nitrogen and oxygen atoms in total. The summed E-state index contributed by atoms with van der Waals surface area (Å²) in [5.74, 6) is -0.976. The van der Waals surface area contributed by atoms with Crippen LogP contribution < -0.4 is 14.2 Å². The lowest BCUT2D eigenvalue weighted by Crippen LogP contribution is -2.10. The highest BCUT2D eigenvalue weighted by molar-refractivity contribution is 14.1. The Hall–Kier alpha value is -5.31. The number of hydrogen-bond acceptors (Lipinski definition) is 12. The molecule has 0 aliphatic rings. The molecule has 0 spiro atoms. The summed E-state index contributed by atoms with van der Waals surface area (Å²) in [6, 6.07) is 12.9. The molecule has 0 unspecified atom stereocenters. The van der Waals surface area contributed by atoms with Crippen molar-refractivity contribution in [1.82, 2.24) is 0 Å². The Morgan fingerprint density at radius 3 is 1.12 bits per heavy atom. The number of benzene rings is 4. The van der Waals surface area contributed by atoms with Crippen molar-refractivity contribution in [3.63, 3.8) is 0 Å². The van der Waals surface area contributed by atoms with Gasteiger partial charge in [-0.25, -0.2) is 19.2 Å². The molecule has 0 radical (unpaired) electrons. The maximum absolute atomic E-state index is 13.0. The van der Waals surface area contributed by atoms with E-state index in [-0.39, 0.29) is 41.7 Å². The molecule has 0 aliphatic heterocycles. The van der Waals surface area contributed by atoms with Crippen LogP contribution in [-0.4, -0.2) is 78.8 Å². The Kier molecular flexibility index (Phi) is 13.1. The first-order valence-electron chi connectivity index (χ1n) is 15.8. The van der Waals surface area contributed by atoms with E-state index in [2.05, 4.69) is 0 Å². The minimum atomic E-state index is -0.615. The van der Waals surface area contributed by atoms with Gasteiger partial charge in [0.1, 0.15) is 23.0 Å². The topological polar surface area (TPSA) is 153 Å². The molecule has 0 fully saturated rings. The van der Waals surface area contributed by atoms with Crippen molar-refractivity contribution < 1.29 is 57.4 Å². The van der Waals surface area contributed by atoms with E-state index < -0.39 is 23.9 Å². The zero-order valence-electron chi connectivity index (χ0n) is 30.1. The molecule has 4 aromatic rings. The fraction of sp³-hybridized carbons (Fsp3) is 0.282. The number of halogens is 1. The molecular formula is C39H39IO12. The SMILES string of the molecule is COC(=O)c1cc(I)c(O)c(Cc2cc(C(=O)OC)cc(Cc3cc(C(=O)OC)cc(Cc4cc(C(=O)OC)cc(C)c4OC)c3OC)c2OC)c1. The summed E-state index contributed by atoms with van der Waals surface area (Å²) in [4.78, 5) is 50.9. The van der Waals surface area contributed by atoms with Crippen LogP contribution in [0.2, 0.25) is 0 Å². The highest BCUT2D eigenvalue weighted by atomic mass is 127. The summed E-state index contributed by atoms with van der Waals surface area (Å²) in [5.41, 5.74) is 4.93. The molecule has 0 saturated heterocycles. The number of hydrogen-bond donors (Lipinski definition) is 1. The van der Waals surface area contributed by atoms with E-state index in [1.165, 1.54) is 61.9 Å². The molecule has 274 valence electrons. The number of phenols is 1. The number of aromatic hydroxyl groups is 1. The van der Waals surface area contributed by atoms with Crippen LogP contribution in [0, 0.1) is 10.5 Å². The first-order chi connectivity index (χ1) is 24.8. The summed E-state index contributed by atoms with van der Waals surface area (Å²) in [6.45, 7) is 1.81. The van der Waals surface area contributed by atoms with Crippen molar-refractivity contribution in [2.75, 3.05) is 49.8 Å². The van der Waals surface area contributed by atoms with Crippen LogP contribution in [-0.2, 0) is 38.2 Å². The largest absolute Gasteiger partial charge is 0.507 e. The van der Waals surface area contributed by atoms with Gasteiger partial charge in [-0.1, -0.05) is 0 Å². The molecule has 1 N–H and O–H groups in total. The van der Waals surface area contributed by atoms with Crippen molar-refractivity contribution in [2.24, 2.45) is 0 Å². The maximum atomic E-state index is 13.0. The van der Waals surface area contributed by atoms with Crippen molar-refractivity contribution >= 4 is 46.5 Å². The molecule has 0 heterocycles. The van der Waals surface area contributed by atoms with Crippen LogP contribution in [0.4, 0.5) is 0 Å². The molecule has 4 rings (SSSR count). The van der Waals surface area contributed by atoms with Gasteiger partial charge in [-0.05, 0) is 111 Å². The molecule has 13 heteroatoms. The molecule has 0 amide bonds. The number of carbonyl (C=O) groups is 4. The van der Waals surface area contributed by atoms with Crippen molar-refractivity contribution in [3.8, 4) is 23.0 Å². The average molecular weight is 827 g/mol. The number of aryl methyl sites for hydroxylation is 1. The lowest BCUT2D eigenvalue weighted by Gasteiger charge is -2.20. The Labute approximate surface area is 315 Å². The zero-order valence-corrected chi connectivity index (χ0v) is 32.2. The monoisotopic (exact) mass is 826 g/mol. The molecule has 0 saturated carbocycles. The highest BCUT2D eigenvalue weighted by Crippen LogP contribution is 2.38. The molecule has 52 heavy (non-hydrogen) atoms. The number of esters is 4. The third-order valence-electron chi connectivity index (χ3n) is 8.42. The van der Waals surface area contributed by atoms with Gasteiger partial charge in [0.05, 0.1) is 75.6 Å². The average Bonchev–Trinajstić information content (AvgIpc) is 3.14. The summed E-state index contributed by atoms with van der Waals surface area (Å²) in [5, 5.41) is 11.0. The Morgan fingerprint density at radius 1 is 0.481 bits per heavy atom. The zero-order chi connectivity index (χ0) is 38.3. The first kappa shape index (κ1) is 39.5. The molecular weight excluding hydrogens is 787 g/mol. The third kappa shape index (κ3) is 8.41. The van der Waals surface area contributed by atoms with Gasteiger partial charge in [0.2, 0.25) is 0 Å². The fourth-order valence-corrected chi connectivity index (χ4v) is 6.86.